The number of nitrogens with one attached hydrogen (secondary N) is 3. The van der Waals surface area contributed by atoms with E-state index in [2.05, 4.69) is 20.6 Å². The lowest BCUT2D eigenvalue weighted by molar-refractivity contribution is -0.136. The molecule has 0 saturated carbocycles. The third-order valence-corrected chi connectivity index (χ3v) is 14.0. The van der Waals surface area contributed by atoms with Crippen LogP contribution in [-0.4, -0.2) is 115 Å². The van der Waals surface area contributed by atoms with Crippen LogP contribution < -0.4 is 30.5 Å². The highest BCUT2D eigenvalue weighted by Crippen LogP contribution is 2.39. The van der Waals surface area contributed by atoms with Crippen molar-refractivity contribution in [1.29, 1.82) is 0 Å². The summed E-state index contributed by atoms with van der Waals surface area (Å²) in [6.07, 6.45) is 0.963. The van der Waals surface area contributed by atoms with Crippen molar-refractivity contribution in [2.75, 3.05) is 66.1 Å². The van der Waals surface area contributed by atoms with Crippen molar-refractivity contribution >= 4 is 79.6 Å². The van der Waals surface area contributed by atoms with Gasteiger partial charge in [-0.2, -0.15) is 4.98 Å². The minimum absolute atomic E-state index is 0.0710. The van der Waals surface area contributed by atoms with Crippen molar-refractivity contribution in [3.05, 3.63) is 82.0 Å². The molecule has 1 atom stereocenters. The van der Waals surface area contributed by atoms with Gasteiger partial charge in [-0.1, -0.05) is 23.7 Å². The number of sulfone groups is 1. The number of halogens is 3. The molecule has 8 rings (SSSR count). The minimum Gasteiger partial charge on any atom is -0.489 e. The van der Waals surface area contributed by atoms with E-state index in [9.17, 15) is 27.6 Å². The van der Waals surface area contributed by atoms with Crippen molar-refractivity contribution in [3.63, 3.8) is 0 Å². The summed E-state index contributed by atoms with van der Waals surface area (Å²) < 4.78 is 137. The van der Waals surface area contributed by atoms with Crippen LogP contribution in [0.15, 0.2) is 53.6 Å². The zero-order valence-corrected chi connectivity index (χ0v) is 38.0. The molecule has 3 saturated heterocycles. The average Bonchev–Trinajstić information content (AvgIpc) is 3.57. The number of hydrogen-bond acceptors (Lipinski definition) is 14. The van der Waals surface area contributed by atoms with Gasteiger partial charge in [-0.05, 0) is 83.6 Å². The maximum Gasteiger partial charge on any atom is 0.265 e. The molecule has 1 aromatic heterocycles. The molecule has 3 N–H and O–H groups in total. The lowest BCUT2D eigenvalue weighted by Crippen LogP contribution is -2.54. The number of para-hydroxylation sites is 1. The van der Waals surface area contributed by atoms with Crippen molar-refractivity contribution in [3.8, 4) is 5.75 Å². The molecule has 20 heteroatoms. The SMILES string of the molecule is [2H]C1([2H])N(CC2CCN(c3cc(OC(C)C)c(Nc4ncc(Cl)c(Nc5ccccc5S(=O)(=O)C(C)C)n4)cc3C)CC2)C([2H])([2H])C([2H])([2H])N(c2cc(F)c3c(c2F)C(=O)N(C2CCC(=O)NC2=O)C3=O)C1([2H])[2H]. The number of nitrogens with zero attached hydrogens (tertiary/aromatic N) is 6. The van der Waals surface area contributed by atoms with E-state index in [0.29, 0.717) is 42.3 Å². The molecule has 0 radical (unpaired) electrons. The summed E-state index contributed by atoms with van der Waals surface area (Å²) >= 11 is 6.49. The number of ether oxygens (including phenoxy) is 1. The van der Waals surface area contributed by atoms with E-state index in [4.69, 9.17) is 27.3 Å². The number of benzene rings is 3. The van der Waals surface area contributed by atoms with E-state index in [1.807, 2.05) is 43.1 Å². The second kappa shape index (κ2) is 18.8. The average molecular weight is 957 g/mol. The maximum absolute atomic E-state index is 16.7. The normalized spacial score (nSPS) is 23.5. The highest BCUT2D eigenvalue weighted by molar-refractivity contribution is 7.92. The van der Waals surface area contributed by atoms with Crippen molar-refractivity contribution in [2.45, 2.75) is 82.6 Å². The van der Waals surface area contributed by atoms with Crippen LogP contribution in [0.2, 0.25) is 5.02 Å². The fraction of sp³-hybridized carbons (Fsp3) is 0.435. The molecule has 0 bridgehead atoms. The number of piperazine rings is 1. The van der Waals surface area contributed by atoms with Crippen LogP contribution in [0.4, 0.5) is 43.3 Å². The maximum atomic E-state index is 16.7. The number of fused-ring (bicyclic) bond motifs is 1. The molecule has 5 heterocycles. The van der Waals surface area contributed by atoms with Gasteiger partial charge in [0.1, 0.15) is 22.6 Å². The lowest BCUT2D eigenvalue weighted by Gasteiger charge is -2.40. The van der Waals surface area contributed by atoms with Crippen molar-refractivity contribution < 1.29 is 52.1 Å². The number of anilines is 6. The molecule has 1 unspecified atom stereocenters. The van der Waals surface area contributed by atoms with Gasteiger partial charge in [0.15, 0.2) is 21.5 Å². The van der Waals surface area contributed by atoms with Gasteiger partial charge in [-0.15, -0.1) is 0 Å². The van der Waals surface area contributed by atoms with E-state index in [1.165, 1.54) is 12.3 Å². The monoisotopic (exact) mass is 955 g/mol. The Kier molecular flexibility index (Phi) is 10.6. The summed E-state index contributed by atoms with van der Waals surface area (Å²) in [5.41, 5.74) is -1.55. The first-order chi connectivity index (χ1) is 34.4. The number of hydrogen-bond donors (Lipinski definition) is 3. The van der Waals surface area contributed by atoms with Gasteiger partial charge in [0.05, 0.1) is 56.1 Å². The number of aromatic nitrogens is 2. The predicted octanol–water partition coefficient (Wildman–Crippen LogP) is 6.61. The highest BCUT2D eigenvalue weighted by atomic mass is 35.5. The summed E-state index contributed by atoms with van der Waals surface area (Å²) in [6, 6.07) is 8.56. The summed E-state index contributed by atoms with van der Waals surface area (Å²) in [4.78, 5) is 62.7. The molecule has 4 aliphatic rings. The highest BCUT2D eigenvalue weighted by Gasteiger charge is 2.48. The molecular formula is C46H52ClF2N9O7S. The topological polar surface area (TPSA) is 186 Å². The number of amides is 4. The van der Waals surface area contributed by atoms with Gasteiger partial charge < -0.3 is 25.2 Å². The third-order valence-electron chi connectivity index (χ3n) is 11.5. The lowest BCUT2D eigenvalue weighted by atomic mass is 9.95. The fourth-order valence-corrected chi connectivity index (χ4v) is 9.48. The number of piperidine rings is 2. The number of imide groups is 2. The summed E-state index contributed by atoms with van der Waals surface area (Å²) in [5.74, 6) is -8.17. The standard InChI is InChI=1S/C46H52ClF2N9O7S/c1-25(2)65-36-22-34(27(5)20-32(36)52-46-50-23-29(47)42(54-46)51-31-8-6-7-9-37(31)66(63,64)26(3)4)56-14-12-28(13-15-56)24-55-16-18-57(19-17-55)35-21-30(48)39-40(41(35)49)45(62)58(44(39)61)33-10-11-38(59)53-43(33)60/h6-9,20-23,25-26,28,33H,10-19,24H2,1-5H3,(H,53,59,60)(H2,50,51,52,54)/i16D2,17D2,18D2,19D2. The van der Waals surface area contributed by atoms with Crippen LogP contribution in [0, 0.1) is 24.5 Å². The molecule has 0 spiro atoms. The smallest absolute Gasteiger partial charge is 0.265 e. The number of aryl methyl sites for hydroxylation is 1. The van der Waals surface area contributed by atoms with Crippen molar-refractivity contribution in [2.24, 2.45) is 5.92 Å². The number of carbonyl (C=O) groups is 4. The quantitative estimate of drug-likeness (QED) is 0.122. The van der Waals surface area contributed by atoms with E-state index in [0.717, 1.165) is 11.3 Å². The van der Waals surface area contributed by atoms with E-state index >= 15 is 8.78 Å². The first-order valence-corrected chi connectivity index (χ1v) is 23.1. The van der Waals surface area contributed by atoms with E-state index < -0.39 is 112 Å². The number of rotatable bonds is 13. The fourth-order valence-electron chi connectivity index (χ4n) is 8.14. The molecule has 4 aliphatic heterocycles. The molecule has 3 fully saturated rings. The van der Waals surface area contributed by atoms with Gasteiger partial charge in [-0.25, -0.2) is 22.2 Å². The minimum atomic E-state index is -3.68. The van der Waals surface area contributed by atoms with Crippen LogP contribution in [0.25, 0.3) is 0 Å². The molecule has 66 heavy (non-hydrogen) atoms. The second-order valence-electron chi connectivity index (χ2n) is 16.7. The Bertz CT molecular complexity index is 3070. The molecule has 0 aliphatic carbocycles. The third kappa shape index (κ3) is 9.24. The zero-order valence-electron chi connectivity index (χ0n) is 44.5. The van der Waals surface area contributed by atoms with Gasteiger partial charge in [0.25, 0.3) is 11.8 Å². The Labute approximate surface area is 398 Å². The van der Waals surface area contributed by atoms with Gasteiger partial charge in [0.2, 0.25) is 17.8 Å². The first-order valence-electron chi connectivity index (χ1n) is 25.2. The van der Waals surface area contributed by atoms with Crippen LogP contribution >= 0.6 is 11.6 Å². The van der Waals surface area contributed by atoms with Crippen LogP contribution in [0.5, 0.6) is 5.75 Å². The van der Waals surface area contributed by atoms with Gasteiger partial charge >= 0.3 is 0 Å². The van der Waals surface area contributed by atoms with Crippen LogP contribution in [0.1, 0.15) is 90.6 Å². The molecule has 4 aromatic rings. The molecule has 3 aromatic carbocycles. The Morgan fingerprint density at radius 2 is 1.61 bits per heavy atom. The Morgan fingerprint density at radius 1 is 0.909 bits per heavy atom. The summed E-state index contributed by atoms with van der Waals surface area (Å²) in [6.45, 7) is -5.47. The summed E-state index contributed by atoms with van der Waals surface area (Å²) in [7, 11) is -3.68. The molecular weight excluding hydrogens is 896 g/mol. The summed E-state index contributed by atoms with van der Waals surface area (Å²) in [5, 5.41) is 7.59. The largest absolute Gasteiger partial charge is 0.489 e. The Balaban J connectivity index is 1.00. The molecule has 4 amide bonds. The van der Waals surface area contributed by atoms with Gasteiger partial charge in [0, 0.05) is 75.3 Å². The predicted molar refractivity (Wildman–Crippen MR) is 246 cm³/mol. The van der Waals surface area contributed by atoms with Crippen LogP contribution in [0.3, 0.4) is 0 Å². The van der Waals surface area contributed by atoms with Crippen molar-refractivity contribution in [1.82, 2.24) is 25.1 Å². The molecule has 16 nitrogen and oxygen atoms in total. The van der Waals surface area contributed by atoms with E-state index in [-0.39, 0.29) is 62.2 Å². The Hall–Kier alpha value is -5.92. The Morgan fingerprint density at radius 3 is 2.29 bits per heavy atom. The number of carbonyl (C=O) groups excluding carboxylic acids is 4. The molecule has 350 valence electrons. The second-order valence-corrected chi connectivity index (χ2v) is 19.6. The van der Waals surface area contributed by atoms with Crippen LogP contribution in [-0.2, 0) is 19.4 Å². The van der Waals surface area contributed by atoms with Gasteiger partial charge in [-0.3, -0.25) is 34.3 Å². The first kappa shape index (κ1) is 37.2. The van der Waals surface area contributed by atoms with E-state index in [1.54, 1.807) is 32.0 Å². The zero-order chi connectivity index (χ0) is 54.4.